The van der Waals surface area contributed by atoms with E-state index in [0.717, 1.165) is 39.5 Å². The van der Waals surface area contributed by atoms with Crippen LogP contribution >= 0.6 is 9.24 Å². The van der Waals surface area contributed by atoms with Crippen molar-refractivity contribution in [1.82, 2.24) is 9.55 Å². The van der Waals surface area contributed by atoms with Gasteiger partial charge < -0.3 is 14.7 Å². The van der Waals surface area contributed by atoms with Crippen LogP contribution in [0.1, 0.15) is 84.8 Å². The van der Waals surface area contributed by atoms with E-state index < -0.39 is 0 Å². The first-order chi connectivity index (χ1) is 18.3. The van der Waals surface area contributed by atoms with Gasteiger partial charge >= 0.3 is 0 Å². The number of benzene rings is 2. The number of aliphatic hydroxyl groups excluding tert-OH is 1. The van der Waals surface area contributed by atoms with Gasteiger partial charge in [0.1, 0.15) is 11.9 Å². The summed E-state index contributed by atoms with van der Waals surface area (Å²) in [4.78, 5) is 3.38. The lowest BCUT2D eigenvalue weighted by atomic mass is 9.92. The molecule has 4 nitrogen and oxygen atoms in total. The Labute approximate surface area is 235 Å². The monoisotopic (exact) mass is 557 g/mol. The number of aromatic amines is 1. The maximum absolute atomic E-state index is 13.7. The van der Waals surface area contributed by atoms with Crippen molar-refractivity contribution in [3.8, 4) is 6.07 Å². The Morgan fingerprint density at radius 2 is 1.56 bits per heavy atom. The van der Waals surface area contributed by atoms with E-state index in [2.05, 4.69) is 87.0 Å². The second-order valence-electron chi connectivity index (χ2n) is 11.1. The standard InChI is InChI=1S/C15H18N2.C14H19FNOP.C2H6.CH3F/c1-5-10-6-11-8-13(15(2,3)4)17-14(11)12(7-10)9-16;1-14(2,3)13-7-9-6-12(18)10(15)8-11(9)16(13)4-5-17;2*1-2/h6-8,17H,5H2,1-4H3;6-8,17H,4-5,18H2,1-3H3;1-2H3;1H3. The molecule has 0 fully saturated rings. The molecule has 0 radical (unpaired) electrons. The zero-order valence-electron chi connectivity index (χ0n) is 25.3. The van der Waals surface area contributed by atoms with Crippen LogP contribution in [0.5, 0.6) is 0 Å². The minimum atomic E-state index is -0.231. The second kappa shape index (κ2) is 14.6. The van der Waals surface area contributed by atoms with Crippen molar-refractivity contribution < 1.29 is 13.9 Å². The second-order valence-corrected chi connectivity index (χ2v) is 11.7. The predicted molar refractivity (Wildman–Crippen MR) is 166 cm³/mol. The molecule has 214 valence electrons. The Kier molecular flexibility index (Phi) is 12.8. The van der Waals surface area contributed by atoms with E-state index >= 15 is 0 Å². The quantitative estimate of drug-likeness (QED) is 0.250. The van der Waals surface area contributed by atoms with Crippen molar-refractivity contribution in [3.05, 3.63) is 64.7 Å². The molecule has 0 saturated carbocycles. The fourth-order valence-corrected chi connectivity index (χ4v) is 4.53. The highest BCUT2D eigenvalue weighted by Crippen LogP contribution is 2.30. The van der Waals surface area contributed by atoms with Gasteiger partial charge in [0.25, 0.3) is 0 Å². The highest BCUT2D eigenvalue weighted by Gasteiger charge is 2.21. The molecule has 0 aliphatic rings. The molecular weight excluding hydrogens is 511 g/mol. The summed E-state index contributed by atoms with van der Waals surface area (Å²) in [5, 5.41) is 21.1. The Bertz CT molecular complexity index is 1400. The molecule has 39 heavy (non-hydrogen) atoms. The van der Waals surface area contributed by atoms with E-state index in [9.17, 15) is 19.1 Å². The summed E-state index contributed by atoms with van der Waals surface area (Å²) >= 11 is 0. The average molecular weight is 558 g/mol. The first-order valence-electron chi connectivity index (χ1n) is 13.4. The highest BCUT2D eigenvalue weighted by atomic mass is 31.0. The van der Waals surface area contributed by atoms with E-state index in [0.29, 0.717) is 19.0 Å². The lowest BCUT2D eigenvalue weighted by Crippen LogP contribution is -2.18. The number of H-pyrrole nitrogens is 1. The fraction of sp³-hybridized carbons (Fsp3) is 0.469. The third-order valence-corrected chi connectivity index (χ3v) is 6.68. The van der Waals surface area contributed by atoms with Gasteiger partial charge in [-0.3, -0.25) is 4.39 Å². The number of aromatic nitrogens is 2. The van der Waals surface area contributed by atoms with Gasteiger partial charge in [0, 0.05) is 44.8 Å². The molecule has 0 aliphatic heterocycles. The predicted octanol–water partition coefficient (Wildman–Crippen LogP) is 8.08. The Morgan fingerprint density at radius 1 is 0.949 bits per heavy atom. The molecule has 2 N–H and O–H groups in total. The van der Waals surface area contributed by atoms with Crippen LogP contribution in [0.15, 0.2) is 36.4 Å². The summed E-state index contributed by atoms with van der Waals surface area (Å²) in [6, 6.07) is 14.0. The van der Waals surface area contributed by atoms with Crippen LogP contribution in [0.4, 0.5) is 8.78 Å². The maximum atomic E-state index is 13.7. The maximum Gasteiger partial charge on any atom is 0.132 e. The molecule has 1 atom stereocenters. The molecule has 0 aliphatic carbocycles. The van der Waals surface area contributed by atoms with Crippen molar-refractivity contribution >= 4 is 36.4 Å². The van der Waals surface area contributed by atoms with Gasteiger partial charge in [0.2, 0.25) is 0 Å². The van der Waals surface area contributed by atoms with Crippen LogP contribution < -0.4 is 5.30 Å². The van der Waals surface area contributed by atoms with Gasteiger partial charge in [-0.1, -0.05) is 62.3 Å². The summed E-state index contributed by atoms with van der Waals surface area (Å²) in [5.74, 6) is -0.231. The van der Waals surface area contributed by atoms with Gasteiger partial charge in [-0.25, -0.2) is 4.39 Å². The highest BCUT2D eigenvalue weighted by molar-refractivity contribution is 7.27. The van der Waals surface area contributed by atoms with E-state index in [4.69, 9.17) is 0 Å². The van der Waals surface area contributed by atoms with Crippen molar-refractivity contribution in [2.24, 2.45) is 0 Å². The normalized spacial score (nSPS) is 11.1. The van der Waals surface area contributed by atoms with Gasteiger partial charge in [-0.05, 0) is 48.4 Å². The number of fused-ring (bicyclic) bond motifs is 2. The summed E-state index contributed by atoms with van der Waals surface area (Å²) in [6.45, 7) is 19.5. The third-order valence-electron chi connectivity index (χ3n) is 6.24. The lowest BCUT2D eigenvalue weighted by Gasteiger charge is -2.21. The van der Waals surface area contributed by atoms with Crippen LogP contribution in [0, 0.1) is 17.1 Å². The van der Waals surface area contributed by atoms with Crippen LogP contribution in [-0.2, 0) is 23.8 Å². The third kappa shape index (κ3) is 8.37. The SMILES string of the molecule is CC.CC(C)(C)c1cc2cc(P)c(F)cc2n1CCO.CCc1cc(C#N)c2[nH]c(C(C)(C)C)cc2c1.CF. The Morgan fingerprint density at radius 3 is 2.05 bits per heavy atom. The number of aliphatic hydroxyl groups is 1. The number of alkyl halides is 1. The van der Waals surface area contributed by atoms with Crippen LogP contribution in [-0.4, -0.2) is 28.4 Å². The number of halogens is 2. The number of hydrogen-bond donors (Lipinski definition) is 2. The van der Waals surface area contributed by atoms with Crippen LogP contribution in [0.25, 0.3) is 21.8 Å². The minimum Gasteiger partial charge on any atom is -0.395 e. The topological polar surface area (TPSA) is 64.7 Å². The van der Waals surface area contributed by atoms with Crippen LogP contribution in [0.3, 0.4) is 0 Å². The van der Waals surface area contributed by atoms with Gasteiger partial charge in [-0.2, -0.15) is 5.26 Å². The molecule has 0 amide bonds. The molecule has 0 spiro atoms. The number of nitriles is 1. The zero-order valence-corrected chi connectivity index (χ0v) is 26.4. The van der Waals surface area contributed by atoms with Crippen LogP contribution in [0.2, 0.25) is 0 Å². The molecule has 2 aromatic carbocycles. The molecule has 7 heteroatoms. The lowest BCUT2D eigenvalue weighted by molar-refractivity contribution is 0.274. The molecule has 1 unspecified atom stereocenters. The summed E-state index contributed by atoms with van der Waals surface area (Å²) in [5.41, 5.74) is 6.11. The first kappa shape index (κ1) is 34.3. The summed E-state index contributed by atoms with van der Waals surface area (Å²) < 4.78 is 25.2. The molecule has 0 bridgehead atoms. The molecule has 0 saturated heterocycles. The van der Waals surface area contributed by atoms with Crippen molar-refractivity contribution in [2.75, 3.05) is 13.8 Å². The Hall–Kier alpha value is -2.74. The summed E-state index contributed by atoms with van der Waals surface area (Å²) in [6.07, 6.45) is 0.959. The van der Waals surface area contributed by atoms with E-state index in [1.165, 1.54) is 11.3 Å². The van der Waals surface area contributed by atoms with E-state index in [-0.39, 0.29) is 23.3 Å². The fourth-order valence-electron chi connectivity index (χ4n) is 4.27. The zero-order chi connectivity index (χ0) is 30.1. The molecule has 2 heterocycles. The van der Waals surface area contributed by atoms with Crippen molar-refractivity contribution in [3.63, 3.8) is 0 Å². The summed E-state index contributed by atoms with van der Waals surface area (Å²) in [7, 11) is 2.91. The van der Waals surface area contributed by atoms with E-state index in [1.54, 1.807) is 6.07 Å². The number of rotatable bonds is 3. The van der Waals surface area contributed by atoms with Crippen molar-refractivity contribution in [1.29, 1.82) is 5.26 Å². The largest absolute Gasteiger partial charge is 0.395 e. The van der Waals surface area contributed by atoms with E-state index in [1.807, 2.05) is 30.5 Å². The smallest absolute Gasteiger partial charge is 0.132 e. The molecular formula is C32H46F2N3OP. The molecule has 2 aromatic heterocycles. The van der Waals surface area contributed by atoms with Gasteiger partial charge in [0.15, 0.2) is 0 Å². The molecule has 4 aromatic rings. The Balaban J connectivity index is 0.000000347. The number of aryl methyl sites for hydroxylation is 1. The average Bonchev–Trinajstić information content (AvgIpc) is 3.49. The number of nitrogens with zero attached hydrogens (tertiary/aromatic N) is 2. The number of hydrogen-bond acceptors (Lipinski definition) is 2. The number of nitrogens with one attached hydrogen (secondary N) is 1. The first-order valence-corrected chi connectivity index (χ1v) is 14.0. The molecule has 4 rings (SSSR count). The van der Waals surface area contributed by atoms with Gasteiger partial charge in [-0.15, -0.1) is 9.24 Å². The van der Waals surface area contributed by atoms with Gasteiger partial charge in [0.05, 0.1) is 30.4 Å². The van der Waals surface area contributed by atoms with Crippen molar-refractivity contribution in [2.45, 2.75) is 86.1 Å². The minimum absolute atomic E-state index is 0.0360.